The summed E-state index contributed by atoms with van der Waals surface area (Å²) in [5.74, 6) is -12.4. The topological polar surface area (TPSA) is 527 Å². The van der Waals surface area contributed by atoms with Crippen LogP contribution in [0.4, 0.5) is 0 Å². The van der Waals surface area contributed by atoms with E-state index in [9.17, 15) is 83.4 Å². The maximum atomic E-state index is 14.2. The molecule has 21 N–H and O–H groups in total. The first-order valence-electron chi connectivity index (χ1n) is 24.7. The minimum absolute atomic E-state index is 0.0958. The van der Waals surface area contributed by atoms with E-state index in [0.29, 0.717) is 12.0 Å². The SMILES string of the molecule is C[C@H](NC(=O)CN)C(=O)N[C@H](C(=O)N[C@@H](CO)C(=O)N[C@@H](Cc1cnc[nH]1)C(=O)N[C@@H](CCCCN)C(=O)N[C@@H](CCC(=O)O)C(=O)N[C@@H](Cc1cnc[nH]1)C(=O)N[C@@H](CO)C(=O)N[C@@H](Cc1ccc(O)cc1)C(=O)O)[C@@H](C)O. The number of rotatable bonds is 35. The minimum atomic E-state index is -1.83. The second-order valence-electron chi connectivity index (χ2n) is 18.0. The number of aliphatic hydroxyl groups excluding tert-OH is 3. The van der Waals surface area contributed by atoms with E-state index in [1.54, 1.807) is 0 Å². The van der Waals surface area contributed by atoms with Gasteiger partial charge in [-0.05, 0) is 63.8 Å². The van der Waals surface area contributed by atoms with Crippen LogP contribution in [0.2, 0.25) is 0 Å². The smallest absolute Gasteiger partial charge is 0.326 e. The molecule has 434 valence electrons. The normalized spacial score (nSPS) is 14.8. The van der Waals surface area contributed by atoms with Gasteiger partial charge in [-0.25, -0.2) is 14.8 Å². The maximum Gasteiger partial charge on any atom is 0.326 e. The van der Waals surface area contributed by atoms with Gasteiger partial charge < -0.3 is 99.9 Å². The molecule has 0 bridgehead atoms. The van der Waals surface area contributed by atoms with E-state index < -0.39 is 158 Å². The predicted molar refractivity (Wildman–Crippen MR) is 272 cm³/mol. The van der Waals surface area contributed by atoms with Crippen LogP contribution in [0.3, 0.4) is 0 Å². The highest BCUT2D eigenvalue weighted by atomic mass is 16.4. The number of aliphatic hydroxyl groups is 3. The molecule has 3 rings (SSSR count). The van der Waals surface area contributed by atoms with Crippen molar-refractivity contribution in [1.29, 1.82) is 0 Å². The molecular formula is C47H69N15O17. The molecule has 0 radical (unpaired) electrons. The number of carbonyl (C=O) groups excluding carboxylic acids is 9. The Balaban J connectivity index is 1.87. The van der Waals surface area contributed by atoms with Gasteiger partial charge >= 0.3 is 11.9 Å². The molecule has 0 spiro atoms. The fourth-order valence-corrected chi connectivity index (χ4v) is 7.35. The number of nitrogens with zero attached hydrogens (tertiary/aromatic N) is 2. The first-order valence-corrected chi connectivity index (χ1v) is 24.7. The fraction of sp³-hybridized carbons (Fsp3) is 0.511. The quantitative estimate of drug-likeness (QED) is 0.0243. The number of carboxylic acids is 2. The molecular weight excluding hydrogens is 1050 g/mol. The number of aromatic hydroxyl groups is 1. The standard InChI is InChI=1S/C47H69N15O17/c1-23(54-36(67)16-49)39(70)62-38(24(2)65)46(77)61-35(20-64)44(75)58-31(14-26-17-50-21-52-26)42(73)55-29(5-3-4-12-48)40(71)56-30(10-11-37(68)69)41(72)57-32(15-27-18-51-22-53-27)43(74)60-34(19-63)45(76)59-33(47(78)79)13-25-6-8-28(66)9-7-25/h6-9,17-18,21-24,29-35,38,63-66H,3-5,10-16,19-20,48-49H2,1-2H3,(H,50,52)(H,51,53)(H,54,67)(H,55,73)(H,56,71)(H,57,72)(H,58,75)(H,59,76)(H,60,74)(H,61,77)(H,62,70)(H,68,69)(H,78,79)/t23-,24+,29-,30-,31-,32-,33-,34-,35-,38-/m0/s1. The Hall–Kier alpha value is -8.59. The van der Waals surface area contributed by atoms with Crippen LogP contribution < -0.4 is 59.3 Å². The number of amides is 9. The zero-order valence-electron chi connectivity index (χ0n) is 43.1. The summed E-state index contributed by atoms with van der Waals surface area (Å²) in [6, 6.07) is -9.26. The van der Waals surface area contributed by atoms with Gasteiger partial charge in [0, 0.05) is 49.5 Å². The number of aliphatic carboxylic acids is 2. The number of hydrogen-bond acceptors (Lipinski definition) is 19. The van der Waals surface area contributed by atoms with Crippen molar-refractivity contribution in [2.75, 3.05) is 26.3 Å². The molecule has 2 aromatic heterocycles. The van der Waals surface area contributed by atoms with Gasteiger partial charge in [0.1, 0.15) is 60.1 Å². The van der Waals surface area contributed by atoms with Crippen molar-refractivity contribution in [3.05, 3.63) is 66.3 Å². The number of imidazole rings is 2. The molecule has 0 aliphatic carbocycles. The number of H-pyrrole nitrogens is 2. The number of benzene rings is 1. The summed E-state index contributed by atoms with van der Waals surface area (Å²) in [6.07, 6.45) is 1.56. The summed E-state index contributed by atoms with van der Waals surface area (Å²) in [6.45, 7) is -0.0441. The molecule has 1 aromatic carbocycles. The number of nitrogens with two attached hydrogens (primary N) is 2. The van der Waals surface area contributed by atoms with E-state index in [1.807, 2.05) is 0 Å². The van der Waals surface area contributed by atoms with E-state index in [0.717, 1.165) is 6.92 Å². The van der Waals surface area contributed by atoms with Crippen molar-refractivity contribution in [2.45, 2.75) is 126 Å². The lowest BCUT2D eigenvalue weighted by Crippen LogP contribution is -2.62. The molecule has 10 atom stereocenters. The van der Waals surface area contributed by atoms with E-state index in [4.69, 9.17) is 11.5 Å². The largest absolute Gasteiger partial charge is 0.508 e. The highest BCUT2D eigenvalue weighted by Crippen LogP contribution is 2.13. The number of aromatic nitrogens is 4. The molecule has 0 unspecified atom stereocenters. The molecule has 32 nitrogen and oxygen atoms in total. The summed E-state index contributed by atoms with van der Waals surface area (Å²) >= 11 is 0. The molecule has 3 aromatic rings. The minimum Gasteiger partial charge on any atom is -0.508 e. The Kier molecular flexibility index (Phi) is 26.9. The molecule has 0 aliphatic heterocycles. The van der Waals surface area contributed by atoms with Crippen molar-refractivity contribution in [2.24, 2.45) is 11.5 Å². The van der Waals surface area contributed by atoms with Crippen LogP contribution in [0.5, 0.6) is 5.75 Å². The number of unbranched alkanes of at least 4 members (excludes halogenated alkanes) is 1. The van der Waals surface area contributed by atoms with E-state index >= 15 is 0 Å². The summed E-state index contributed by atoms with van der Waals surface area (Å²) in [5, 5.41) is 80.7. The van der Waals surface area contributed by atoms with Gasteiger partial charge in [0.2, 0.25) is 53.2 Å². The van der Waals surface area contributed by atoms with E-state index in [-0.39, 0.29) is 55.8 Å². The lowest BCUT2D eigenvalue weighted by Gasteiger charge is -2.28. The zero-order chi connectivity index (χ0) is 58.8. The third-order valence-corrected chi connectivity index (χ3v) is 11.7. The van der Waals surface area contributed by atoms with Crippen LogP contribution in [0.15, 0.2) is 49.3 Å². The number of phenolic OH excluding ortho intramolecular Hbond substituents is 1. The Morgan fingerprint density at radius 3 is 1.42 bits per heavy atom. The van der Waals surface area contributed by atoms with Crippen LogP contribution in [0.1, 0.15) is 62.9 Å². The Bertz CT molecular complexity index is 2510. The maximum absolute atomic E-state index is 14.2. The molecule has 2 heterocycles. The highest BCUT2D eigenvalue weighted by molar-refractivity contribution is 5.98. The molecule has 0 saturated heterocycles. The number of carbonyl (C=O) groups is 11. The van der Waals surface area contributed by atoms with Gasteiger partial charge in [-0.3, -0.25) is 47.9 Å². The highest BCUT2D eigenvalue weighted by Gasteiger charge is 2.36. The van der Waals surface area contributed by atoms with Crippen molar-refractivity contribution < 1.29 is 83.4 Å². The number of carboxylic acid groups (broad SMARTS) is 2. The van der Waals surface area contributed by atoms with Gasteiger partial charge in [0.25, 0.3) is 0 Å². The second kappa shape index (κ2) is 32.9. The lowest BCUT2D eigenvalue weighted by atomic mass is 10.0. The summed E-state index contributed by atoms with van der Waals surface area (Å²) in [4.78, 5) is 158. The van der Waals surface area contributed by atoms with Crippen LogP contribution in [0, 0.1) is 0 Å². The molecule has 79 heavy (non-hydrogen) atoms. The predicted octanol–water partition coefficient (Wildman–Crippen LogP) is -7.35. The summed E-state index contributed by atoms with van der Waals surface area (Å²) in [7, 11) is 0. The van der Waals surface area contributed by atoms with Crippen molar-refractivity contribution >= 4 is 65.1 Å². The molecule has 0 fully saturated rings. The van der Waals surface area contributed by atoms with Crippen LogP contribution in [-0.4, -0.2) is 202 Å². The summed E-state index contributed by atoms with van der Waals surface area (Å²) in [5.41, 5.74) is 11.9. The fourth-order valence-electron chi connectivity index (χ4n) is 7.35. The Morgan fingerprint density at radius 1 is 0.544 bits per heavy atom. The Labute approximate surface area is 450 Å². The Morgan fingerprint density at radius 2 is 0.987 bits per heavy atom. The van der Waals surface area contributed by atoms with Crippen molar-refractivity contribution in [3.8, 4) is 5.75 Å². The molecule has 9 amide bonds. The second-order valence-corrected chi connectivity index (χ2v) is 18.0. The summed E-state index contributed by atoms with van der Waals surface area (Å²) < 4.78 is 0. The van der Waals surface area contributed by atoms with Crippen LogP contribution in [-0.2, 0) is 72.0 Å². The van der Waals surface area contributed by atoms with Crippen molar-refractivity contribution in [3.63, 3.8) is 0 Å². The number of nitrogens with one attached hydrogen (secondary N) is 11. The van der Waals surface area contributed by atoms with Crippen molar-refractivity contribution in [1.82, 2.24) is 67.8 Å². The lowest BCUT2D eigenvalue weighted by molar-refractivity contribution is -0.142. The van der Waals surface area contributed by atoms with E-state index in [2.05, 4.69) is 67.8 Å². The van der Waals surface area contributed by atoms with Crippen LogP contribution in [0.25, 0.3) is 0 Å². The average molecular weight is 1120 g/mol. The van der Waals surface area contributed by atoms with Crippen LogP contribution >= 0.6 is 0 Å². The van der Waals surface area contributed by atoms with Gasteiger partial charge in [0.05, 0.1) is 38.5 Å². The van der Waals surface area contributed by atoms with Gasteiger partial charge in [0.15, 0.2) is 0 Å². The third-order valence-electron chi connectivity index (χ3n) is 11.7. The first-order chi connectivity index (χ1) is 37.5. The average Bonchev–Trinajstić information content (AvgIpc) is 4.14. The third kappa shape index (κ3) is 22.1. The molecule has 0 aliphatic rings. The van der Waals surface area contributed by atoms with E-state index in [1.165, 1.54) is 56.2 Å². The van der Waals surface area contributed by atoms with Gasteiger partial charge in [-0.2, -0.15) is 0 Å². The van der Waals surface area contributed by atoms with Gasteiger partial charge in [-0.15, -0.1) is 0 Å². The number of aromatic amines is 2. The molecule has 0 saturated carbocycles. The van der Waals surface area contributed by atoms with Gasteiger partial charge in [-0.1, -0.05) is 12.1 Å². The molecule has 32 heteroatoms. The number of phenols is 1. The monoisotopic (exact) mass is 1120 g/mol. The first kappa shape index (κ1) is 64.7. The number of hydrogen-bond donors (Lipinski definition) is 19. The zero-order valence-corrected chi connectivity index (χ0v) is 43.1.